The lowest BCUT2D eigenvalue weighted by Gasteiger charge is -2.29. The van der Waals surface area contributed by atoms with E-state index in [1.165, 1.54) is 25.1 Å². The Morgan fingerprint density at radius 2 is 1.91 bits per heavy atom. The quantitative estimate of drug-likeness (QED) is 0.367. The summed E-state index contributed by atoms with van der Waals surface area (Å²) >= 11 is 5.75. The SMILES string of the molecule is Cc1cc(C(F)(F)F)cc(N2c3ncccc3CC2C(=O)N(C)c2cc(Cl)c(F)cc2F)n1. The van der Waals surface area contributed by atoms with E-state index >= 15 is 0 Å². The number of aromatic nitrogens is 2. The molecular weight excluding hydrogens is 467 g/mol. The molecule has 0 bridgehead atoms. The molecule has 0 aliphatic carbocycles. The summed E-state index contributed by atoms with van der Waals surface area (Å²) in [6.45, 7) is 1.41. The predicted octanol–water partition coefficient (Wildman–Crippen LogP) is 5.46. The summed E-state index contributed by atoms with van der Waals surface area (Å²) in [4.78, 5) is 24.1. The molecule has 0 saturated heterocycles. The minimum atomic E-state index is -4.63. The number of carbonyl (C=O) groups is 1. The summed E-state index contributed by atoms with van der Waals surface area (Å²) < 4.78 is 68.2. The molecule has 3 heterocycles. The summed E-state index contributed by atoms with van der Waals surface area (Å²) in [5.41, 5.74) is -0.493. The third-order valence-corrected chi connectivity index (χ3v) is 5.59. The van der Waals surface area contributed by atoms with Gasteiger partial charge in [-0.2, -0.15) is 13.2 Å². The van der Waals surface area contributed by atoms with Crippen molar-refractivity contribution >= 4 is 34.8 Å². The minimum Gasteiger partial charge on any atom is -0.311 e. The number of aryl methyl sites for hydroxylation is 1. The van der Waals surface area contributed by atoms with Gasteiger partial charge in [0.05, 0.1) is 16.3 Å². The predicted molar refractivity (Wildman–Crippen MR) is 113 cm³/mol. The van der Waals surface area contributed by atoms with E-state index in [1.807, 2.05) is 0 Å². The molecular formula is C22H16ClF5N4O. The zero-order chi connectivity index (χ0) is 24.1. The zero-order valence-electron chi connectivity index (χ0n) is 17.3. The van der Waals surface area contributed by atoms with E-state index in [0.717, 1.165) is 23.1 Å². The van der Waals surface area contributed by atoms with Crippen molar-refractivity contribution in [3.05, 3.63) is 76.1 Å². The number of halogens is 6. The summed E-state index contributed by atoms with van der Waals surface area (Å²) in [7, 11) is 1.27. The Balaban J connectivity index is 1.80. The largest absolute Gasteiger partial charge is 0.416 e. The Hall–Kier alpha value is -3.27. The first kappa shape index (κ1) is 22.9. The highest BCUT2D eigenvalue weighted by Crippen LogP contribution is 2.40. The summed E-state index contributed by atoms with van der Waals surface area (Å²) in [6.07, 6.45) is -3.08. The maximum absolute atomic E-state index is 14.4. The summed E-state index contributed by atoms with van der Waals surface area (Å²) in [6, 6.07) is 5.53. The monoisotopic (exact) mass is 482 g/mol. The second-order valence-electron chi connectivity index (χ2n) is 7.54. The fourth-order valence-electron chi connectivity index (χ4n) is 3.77. The first-order chi connectivity index (χ1) is 15.5. The van der Waals surface area contributed by atoms with Gasteiger partial charge in [0.2, 0.25) is 5.91 Å². The molecule has 1 aromatic carbocycles. The first-order valence-electron chi connectivity index (χ1n) is 9.68. The number of pyridine rings is 2. The number of benzene rings is 1. The molecule has 1 aliphatic heterocycles. The molecule has 1 unspecified atom stereocenters. The lowest BCUT2D eigenvalue weighted by molar-refractivity contribution is -0.137. The molecule has 0 radical (unpaired) electrons. The maximum Gasteiger partial charge on any atom is 0.416 e. The van der Waals surface area contributed by atoms with Gasteiger partial charge >= 0.3 is 6.18 Å². The van der Waals surface area contributed by atoms with Crippen molar-refractivity contribution in [2.45, 2.75) is 25.6 Å². The average molecular weight is 483 g/mol. The number of alkyl halides is 3. The lowest BCUT2D eigenvalue weighted by Crippen LogP contribution is -2.45. The fraction of sp³-hybridized carbons (Fsp3) is 0.227. The van der Waals surface area contributed by atoms with Gasteiger partial charge in [-0.3, -0.25) is 9.69 Å². The zero-order valence-corrected chi connectivity index (χ0v) is 18.0. The van der Waals surface area contributed by atoms with E-state index in [0.29, 0.717) is 11.6 Å². The van der Waals surface area contributed by atoms with Crippen LogP contribution in [0.4, 0.5) is 39.3 Å². The van der Waals surface area contributed by atoms with E-state index in [1.54, 1.807) is 12.1 Å². The number of likely N-dealkylation sites (N-methyl/N-ethyl adjacent to an activating group) is 1. The summed E-state index contributed by atoms with van der Waals surface area (Å²) in [5.74, 6) is -2.51. The molecule has 4 rings (SSSR count). The molecule has 5 nitrogen and oxygen atoms in total. The van der Waals surface area contributed by atoms with Crippen LogP contribution >= 0.6 is 11.6 Å². The van der Waals surface area contributed by atoms with Crippen LogP contribution in [0, 0.1) is 18.6 Å². The second kappa shape index (κ2) is 8.26. The van der Waals surface area contributed by atoms with Gasteiger partial charge in [-0.15, -0.1) is 0 Å². The molecule has 0 N–H and O–H groups in total. The van der Waals surface area contributed by atoms with E-state index in [2.05, 4.69) is 9.97 Å². The van der Waals surface area contributed by atoms with Crippen molar-refractivity contribution < 1.29 is 26.7 Å². The van der Waals surface area contributed by atoms with Gasteiger partial charge in [0, 0.05) is 31.4 Å². The fourth-order valence-corrected chi connectivity index (χ4v) is 3.93. The van der Waals surface area contributed by atoms with Crippen LogP contribution in [-0.4, -0.2) is 29.0 Å². The molecule has 1 amide bonds. The molecule has 0 fully saturated rings. The number of anilines is 3. The van der Waals surface area contributed by atoms with Crippen molar-refractivity contribution in [2.75, 3.05) is 16.8 Å². The topological polar surface area (TPSA) is 49.3 Å². The molecule has 1 atom stereocenters. The molecule has 33 heavy (non-hydrogen) atoms. The molecule has 11 heteroatoms. The number of carbonyl (C=O) groups excluding carboxylic acids is 1. The highest BCUT2D eigenvalue weighted by molar-refractivity contribution is 6.31. The standard InChI is InChI=1S/C22H16ClF5N4O/c1-11-6-13(22(26,27)28)8-19(30-11)32-18(7-12-4-3-5-29-20(12)32)21(33)31(2)17-9-14(23)15(24)10-16(17)25/h3-6,8-10,18H,7H2,1-2H3. The third kappa shape index (κ3) is 4.22. The van der Waals surface area contributed by atoms with Gasteiger partial charge in [-0.1, -0.05) is 17.7 Å². The number of rotatable bonds is 3. The van der Waals surface area contributed by atoms with Crippen LogP contribution in [0.2, 0.25) is 5.02 Å². The third-order valence-electron chi connectivity index (χ3n) is 5.30. The van der Waals surface area contributed by atoms with Crippen molar-refractivity contribution in [3.63, 3.8) is 0 Å². The molecule has 0 saturated carbocycles. The molecule has 3 aromatic rings. The Bertz CT molecular complexity index is 1250. The van der Waals surface area contributed by atoms with Crippen molar-refractivity contribution in [1.82, 2.24) is 9.97 Å². The van der Waals surface area contributed by atoms with E-state index < -0.39 is 35.3 Å². The highest BCUT2D eigenvalue weighted by atomic mass is 35.5. The van der Waals surface area contributed by atoms with Crippen molar-refractivity contribution in [3.8, 4) is 0 Å². The van der Waals surface area contributed by atoms with Crippen LogP contribution in [0.15, 0.2) is 42.6 Å². The van der Waals surface area contributed by atoms with Gasteiger partial charge in [0.1, 0.15) is 29.3 Å². The number of nitrogens with zero attached hydrogens (tertiary/aromatic N) is 4. The number of hydrogen-bond donors (Lipinski definition) is 0. The Morgan fingerprint density at radius 3 is 2.61 bits per heavy atom. The maximum atomic E-state index is 14.4. The smallest absolute Gasteiger partial charge is 0.311 e. The Labute approximate surface area is 190 Å². The second-order valence-corrected chi connectivity index (χ2v) is 7.95. The summed E-state index contributed by atoms with van der Waals surface area (Å²) in [5, 5.41) is -0.380. The van der Waals surface area contributed by atoms with E-state index in [9.17, 15) is 26.7 Å². The van der Waals surface area contributed by atoms with Crippen molar-refractivity contribution in [2.24, 2.45) is 0 Å². The van der Waals surface area contributed by atoms with Gasteiger partial charge in [-0.05, 0) is 36.8 Å². The van der Waals surface area contributed by atoms with Crippen molar-refractivity contribution in [1.29, 1.82) is 0 Å². The molecule has 2 aromatic heterocycles. The Kier molecular flexibility index (Phi) is 5.73. The Morgan fingerprint density at radius 1 is 1.18 bits per heavy atom. The normalized spacial score (nSPS) is 15.5. The van der Waals surface area contributed by atoms with Gasteiger partial charge in [0.25, 0.3) is 0 Å². The van der Waals surface area contributed by atoms with Crippen LogP contribution in [-0.2, 0) is 17.4 Å². The lowest BCUT2D eigenvalue weighted by atomic mass is 10.1. The molecule has 1 aliphatic rings. The highest BCUT2D eigenvalue weighted by Gasteiger charge is 2.41. The van der Waals surface area contributed by atoms with Gasteiger partial charge < -0.3 is 4.90 Å². The average Bonchev–Trinajstić information content (AvgIpc) is 3.14. The number of fused-ring (bicyclic) bond motifs is 1. The molecule has 0 spiro atoms. The first-order valence-corrected chi connectivity index (χ1v) is 10.1. The van der Waals surface area contributed by atoms with Crippen LogP contribution < -0.4 is 9.80 Å². The van der Waals surface area contributed by atoms with Crippen LogP contribution in [0.1, 0.15) is 16.8 Å². The van der Waals surface area contributed by atoms with Gasteiger partial charge in [0.15, 0.2) is 0 Å². The minimum absolute atomic E-state index is 0.0971. The van der Waals surface area contributed by atoms with Crippen LogP contribution in [0.25, 0.3) is 0 Å². The number of amides is 1. The van der Waals surface area contributed by atoms with E-state index in [-0.39, 0.29) is 34.5 Å². The van der Waals surface area contributed by atoms with Gasteiger partial charge in [-0.25, -0.2) is 18.7 Å². The van der Waals surface area contributed by atoms with Crippen LogP contribution in [0.3, 0.4) is 0 Å². The van der Waals surface area contributed by atoms with Crippen LogP contribution in [0.5, 0.6) is 0 Å². The molecule has 172 valence electrons. The van der Waals surface area contributed by atoms with E-state index in [4.69, 9.17) is 11.6 Å². The number of hydrogen-bond acceptors (Lipinski definition) is 4.